The number of nitrogens with one attached hydrogen (secondary N) is 5. The summed E-state index contributed by atoms with van der Waals surface area (Å²) in [7, 11) is 1.46. The number of alkyl carbamates (subject to hydrolysis) is 3. The average molecular weight is 841 g/mol. The van der Waals surface area contributed by atoms with Crippen molar-refractivity contribution in [2.24, 2.45) is 4.99 Å². The average Bonchev–Trinajstić information content (AvgIpc) is 3.86. The van der Waals surface area contributed by atoms with Crippen molar-refractivity contribution < 1.29 is 43.0 Å². The number of amides is 6. The first kappa shape index (κ1) is 45.9. The van der Waals surface area contributed by atoms with Gasteiger partial charge in [0.15, 0.2) is 0 Å². The first-order valence-electron chi connectivity index (χ1n) is 19.3. The molecule has 3 aromatic rings. The Kier molecular flexibility index (Phi) is 15.0. The number of carbonyl (C=O) groups excluding carboxylic acids is 6. The predicted octanol–water partition coefficient (Wildman–Crippen LogP) is 4.69. The summed E-state index contributed by atoms with van der Waals surface area (Å²) in [5.41, 5.74) is -1.46. The fraction of sp³-hybridized carbons (Fsp3) is 0.564. The van der Waals surface area contributed by atoms with Gasteiger partial charge >= 0.3 is 18.3 Å². The Morgan fingerprint density at radius 1 is 0.864 bits per heavy atom. The number of aliphatic imine (C=N–C) groups is 1. The molecule has 59 heavy (non-hydrogen) atoms. The zero-order chi connectivity index (χ0) is 43.7. The number of ether oxygens (including phenoxy) is 3. The van der Waals surface area contributed by atoms with Crippen LogP contribution in [0.3, 0.4) is 0 Å². The van der Waals surface area contributed by atoms with Crippen molar-refractivity contribution in [3.8, 4) is 0 Å². The van der Waals surface area contributed by atoms with E-state index in [0.29, 0.717) is 29.9 Å². The molecule has 0 saturated carbocycles. The van der Waals surface area contributed by atoms with Gasteiger partial charge in [-0.25, -0.2) is 24.4 Å². The van der Waals surface area contributed by atoms with E-state index in [2.05, 4.69) is 41.5 Å². The summed E-state index contributed by atoms with van der Waals surface area (Å²) in [6.45, 7) is 15.7. The zero-order valence-electron chi connectivity index (χ0n) is 35.3. The molecular weight excluding hydrogens is 785 g/mol. The van der Waals surface area contributed by atoms with Gasteiger partial charge in [0.1, 0.15) is 44.9 Å². The highest BCUT2D eigenvalue weighted by Gasteiger charge is 2.40. The maximum Gasteiger partial charge on any atom is 0.414 e. The second kappa shape index (κ2) is 19.3. The van der Waals surface area contributed by atoms with E-state index in [1.165, 1.54) is 18.4 Å². The number of imidazole rings is 1. The molecule has 3 aromatic heterocycles. The Morgan fingerprint density at radius 2 is 1.49 bits per heavy atom. The predicted molar refractivity (Wildman–Crippen MR) is 219 cm³/mol. The van der Waals surface area contributed by atoms with Crippen molar-refractivity contribution in [1.82, 2.24) is 45.9 Å². The lowest BCUT2D eigenvalue weighted by Gasteiger charge is -2.22. The minimum absolute atomic E-state index is 0.0539. The molecule has 19 nitrogen and oxygen atoms in total. The summed E-state index contributed by atoms with van der Waals surface area (Å²) >= 11 is 1.18. The molecule has 20 heteroatoms. The topological polar surface area (TPSA) is 236 Å². The largest absolute Gasteiger partial charge is 0.444 e. The molecule has 4 rings (SSSR count). The second-order valence-electron chi connectivity index (χ2n) is 16.8. The van der Waals surface area contributed by atoms with Crippen LogP contribution in [0.2, 0.25) is 0 Å². The van der Waals surface area contributed by atoms with Gasteiger partial charge in [-0.2, -0.15) is 0 Å². The molecule has 0 aliphatic carbocycles. The van der Waals surface area contributed by atoms with Gasteiger partial charge in [-0.05, 0) is 100 Å². The number of pyridine rings is 1. The molecule has 0 unspecified atom stereocenters. The Morgan fingerprint density at radius 3 is 2.08 bits per heavy atom. The highest BCUT2D eigenvalue weighted by atomic mass is 32.1. The Balaban J connectivity index is 1.43. The number of likely N-dealkylation sites (tertiary alicyclic amines) is 1. The first-order chi connectivity index (χ1) is 27.5. The van der Waals surface area contributed by atoms with Gasteiger partial charge in [0.25, 0.3) is 11.8 Å². The molecule has 1 aliphatic heterocycles. The Hall–Kier alpha value is -5.79. The van der Waals surface area contributed by atoms with Crippen molar-refractivity contribution in [3.05, 3.63) is 52.4 Å². The number of guanidine groups is 1. The second-order valence-corrected chi connectivity index (χ2v) is 17.7. The van der Waals surface area contributed by atoms with E-state index in [4.69, 9.17) is 14.2 Å². The van der Waals surface area contributed by atoms with Gasteiger partial charge in [-0.1, -0.05) is 6.07 Å². The number of carbonyl (C=O) groups is 6. The number of unbranched alkanes of at least 4 members (excludes halogenated alkanes) is 1. The maximum absolute atomic E-state index is 13.9. The summed E-state index contributed by atoms with van der Waals surface area (Å²) in [5, 5.41) is 15.1. The standard InChI is InChI=1S/C39H56N10O9S/c1-37(2,3)56-34(53)42-23-19-27(49(20-23)32(52)25-21-48-18-14-12-16-28(48)43-25)31-45-26(22-59-31)30(51)44-24(29(50)40-10)15-11-13-17-41-33(46-35(54)57-38(4,5)6)47-36(55)58-39(7,8)9/h12,14,16,18,21-24,27H,11,13,15,17,19-20H2,1-10H3,(H,40,50)(H,42,53)(H,44,51)(H2,41,46,47,54,55)/t23-,24+,27+/m1/s1. The number of likely N-dealkylation sites (N-methyl/N-ethyl adjacent to an activating group) is 1. The van der Waals surface area contributed by atoms with Crippen LogP contribution in [0.25, 0.3) is 5.65 Å². The van der Waals surface area contributed by atoms with Crippen molar-refractivity contribution in [2.45, 2.75) is 123 Å². The van der Waals surface area contributed by atoms with Crippen molar-refractivity contribution >= 4 is 58.9 Å². The van der Waals surface area contributed by atoms with Gasteiger partial charge in [-0.15, -0.1) is 11.3 Å². The van der Waals surface area contributed by atoms with Crippen LogP contribution in [-0.4, -0.2) is 110 Å². The first-order valence-corrected chi connectivity index (χ1v) is 20.1. The Labute approximate surface area is 347 Å². The molecule has 0 radical (unpaired) electrons. The summed E-state index contributed by atoms with van der Waals surface area (Å²) in [5.74, 6) is -1.56. The van der Waals surface area contributed by atoms with Gasteiger partial charge < -0.3 is 39.5 Å². The molecule has 1 saturated heterocycles. The monoisotopic (exact) mass is 840 g/mol. The summed E-state index contributed by atoms with van der Waals surface area (Å²) in [6.07, 6.45) is 2.52. The van der Waals surface area contributed by atoms with Crippen LogP contribution in [0.1, 0.15) is 120 Å². The summed E-state index contributed by atoms with van der Waals surface area (Å²) in [6, 6.07) is 3.42. The lowest BCUT2D eigenvalue weighted by atomic mass is 10.1. The molecule has 6 amide bonds. The third-order valence-corrected chi connectivity index (χ3v) is 9.13. The van der Waals surface area contributed by atoms with Crippen LogP contribution >= 0.6 is 11.3 Å². The smallest absolute Gasteiger partial charge is 0.414 e. The van der Waals surface area contributed by atoms with Crippen molar-refractivity contribution in [3.63, 3.8) is 0 Å². The molecule has 1 fully saturated rings. The van der Waals surface area contributed by atoms with Gasteiger partial charge in [0.05, 0.1) is 12.1 Å². The molecule has 1 aliphatic rings. The van der Waals surface area contributed by atoms with Gasteiger partial charge in [0.2, 0.25) is 11.9 Å². The van der Waals surface area contributed by atoms with Crippen molar-refractivity contribution in [1.29, 1.82) is 0 Å². The molecule has 0 aromatic carbocycles. The zero-order valence-corrected chi connectivity index (χ0v) is 36.1. The maximum atomic E-state index is 13.9. The van der Waals surface area contributed by atoms with E-state index >= 15 is 0 Å². The molecule has 3 atom stereocenters. The minimum atomic E-state index is -0.928. The van der Waals surface area contributed by atoms with Crippen LogP contribution < -0.4 is 26.6 Å². The van der Waals surface area contributed by atoms with E-state index < -0.39 is 65.0 Å². The van der Waals surface area contributed by atoms with Crippen molar-refractivity contribution in [2.75, 3.05) is 20.1 Å². The van der Waals surface area contributed by atoms with Gasteiger partial charge in [0, 0.05) is 37.9 Å². The number of hydrogen-bond donors (Lipinski definition) is 5. The highest BCUT2D eigenvalue weighted by molar-refractivity contribution is 7.09. The normalized spacial score (nSPS) is 16.1. The number of fused-ring (bicyclic) bond motifs is 1. The fourth-order valence-electron chi connectivity index (χ4n) is 5.84. The SMILES string of the molecule is CNC(=O)[C@H](CCCCN=C(NC(=O)OC(C)(C)C)NC(=O)OC(C)(C)C)NC(=O)c1csc([C@@H]2C[C@@H](NC(=O)OC(C)(C)C)CN2C(=O)c2cn3ccccc3n2)n1. The van der Waals surface area contributed by atoms with Crippen LogP contribution in [0.5, 0.6) is 0 Å². The molecule has 0 bridgehead atoms. The quantitative estimate of drug-likeness (QED) is 0.0769. The van der Waals surface area contributed by atoms with E-state index in [-0.39, 0.29) is 42.8 Å². The third-order valence-electron chi connectivity index (χ3n) is 8.18. The van der Waals surface area contributed by atoms with E-state index in [0.717, 1.165) is 0 Å². The lowest BCUT2D eigenvalue weighted by molar-refractivity contribution is -0.122. The number of hydrogen-bond acceptors (Lipinski definition) is 13. The molecule has 5 N–H and O–H groups in total. The van der Waals surface area contributed by atoms with E-state index in [1.807, 2.05) is 12.1 Å². The summed E-state index contributed by atoms with van der Waals surface area (Å²) in [4.78, 5) is 92.8. The number of rotatable bonds is 11. The van der Waals surface area contributed by atoms with E-state index in [1.54, 1.807) is 95.5 Å². The molecular formula is C39H56N10O9S. The van der Waals surface area contributed by atoms with Crippen LogP contribution in [0, 0.1) is 0 Å². The number of thiazole rings is 1. The molecule has 0 spiro atoms. The van der Waals surface area contributed by atoms with Crippen LogP contribution in [-0.2, 0) is 19.0 Å². The van der Waals surface area contributed by atoms with E-state index in [9.17, 15) is 28.8 Å². The lowest BCUT2D eigenvalue weighted by Crippen LogP contribution is -2.47. The molecule has 322 valence electrons. The Bertz CT molecular complexity index is 1960. The fourth-order valence-corrected chi connectivity index (χ4v) is 6.76. The van der Waals surface area contributed by atoms with Crippen LogP contribution in [0.15, 0.2) is 41.0 Å². The highest BCUT2D eigenvalue weighted by Crippen LogP contribution is 2.35. The number of aromatic nitrogens is 3. The number of nitrogens with zero attached hydrogens (tertiary/aromatic N) is 5. The third kappa shape index (κ3) is 14.5. The van der Waals surface area contributed by atoms with Crippen LogP contribution in [0.4, 0.5) is 14.4 Å². The minimum Gasteiger partial charge on any atom is -0.444 e. The molecule has 4 heterocycles. The van der Waals surface area contributed by atoms with Gasteiger partial charge in [-0.3, -0.25) is 30.0 Å². The summed E-state index contributed by atoms with van der Waals surface area (Å²) < 4.78 is 17.7.